The molecule has 3 rings (SSSR count). The molecule has 0 radical (unpaired) electrons. The second kappa shape index (κ2) is 8.14. The summed E-state index contributed by atoms with van der Waals surface area (Å²) < 4.78 is 6.49. The maximum atomic E-state index is 5.39. The Labute approximate surface area is 146 Å². The Morgan fingerprint density at radius 1 is 0.870 bits per heavy atom. The maximum absolute atomic E-state index is 5.39. The lowest BCUT2D eigenvalue weighted by atomic mass is 10.1. The number of allylic oxidation sites excluding steroid dienone is 2. The SMILES string of the molecule is Brc1cccc(/C=C/C=C/c2ccc(N3CCOCC3)cc2)c1. The van der Waals surface area contributed by atoms with Crippen LogP contribution in [0.2, 0.25) is 0 Å². The van der Waals surface area contributed by atoms with Gasteiger partial charge in [-0.25, -0.2) is 0 Å². The number of morpholine rings is 1. The fraction of sp³-hybridized carbons (Fsp3) is 0.200. The quantitative estimate of drug-likeness (QED) is 0.702. The molecule has 0 saturated carbocycles. The van der Waals surface area contributed by atoms with E-state index in [-0.39, 0.29) is 0 Å². The second-order valence-electron chi connectivity index (χ2n) is 5.46. The van der Waals surface area contributed by atoms with Gasteiger partial charge in [-0.2, -0.15) is 0 Å². The Kier molecular flexibility index (Phi) is 5.67. The molecule has 1 aliphatic rings. The molecule has 3 heteroatoms. The van der Waals surface area contributed by atoms with Crippen molar-refractivity contribution < 1.29 is 4.74 Å². The molecule has 1 fully saturated rings. The summed E-state index contributed by atoms with van der Waals surface area (Å²) in [5.74, 6) is 0. The first-order chi connectivity index (χ1) is 11.3. The highest BCUT2D eigenvalue weighted by molar-refractivity contribution is 9.10. The predicted octanol–water partition coefficient (Wildman–Crippen LogP) is 5.01. The van der Waals surface area contributed by atoms with Crippen LogP contribution in [0, 0.1) is 0 Å². The molecule has 0 aromatic heterocycles. The first-order valence-electron chi connectivity index (χ1n) is 7.84. The summed E-state index contributed by atoms with van der Waals surface area (Å²) in [6, 6.07) is 16.9. The third-order valence-electron chi connectivity index (χ3n) is 3.81. The lowest BCUT2D eigenvalue weighted by Crippen LogP contribution is -2.36. The van der Waals surface area contributed by atoms with Gasteiger partial charge < -0.3 is 9.64 Å². The van der Waals surface area contributed by atoms with Gasteiger partial charge in [0.1, 0.15) is 0 Å². The molecule has 0 atom stereocenters. The van der Waals surface area contributed by atoms with Gasteiger partial charge in [0.25, 0.3) is 0 Å². The van der Waals surface area contributed by atoms with Gasteiger partial charge in [-0.05, 0) is 35.4 Å². The van der Waals surface area contributed by atoms with Crippen LogP contribution in [0.25, 0.3) is 12.2 Å². The van der Waals surface area contributed by atoms with Crippen LogP contribution in [-0.4, -0.2) is 26.3 Å². The normalized spacial score (nSPS) is 15.6. The lowest BCUT2D eigenvalue weighted by Gasteiger charge is -2.28. The summed E-state index contributed by atoms with van der Waals surface area (Å²) in [6.07, 6.45) is 8.36. The fourth-order valence-corrected chi connectivity index (χ4v) is 2.98. The van der Waals surface area contributed by atoms with Crippen LogP contribution in [0.3, 0.4) is 0 Å². The Morgan fingerprint density at radius 2 is 1.57 bits per heavy atom. The van der Waals surface area contributed by atoms with Crippen molar-refractivity contribution in [1.29, 1.82) is 0 Å². The van der Waals surface area contributed by atoms with E-state index in [1.807, 2.05) is 12.1 Å². The van der Waals surface area contributed by atoms with Crippen LogP contribution < -0.4 is 4.90 Å². The van der Waals surface area contributed by atoms with Crippen molar-refractivity contribution in [2.45, 2.75) is 0 Å². The Bertz CT molecular complexity index is 685. The molecule has 1 saturated heterocycles. The zero-order valence-corrected chi connectivity index (χ0v) is 14.6. The minimum Gasteiger partial charge on any atom is -0.378 e. The molecule has 0 bridgehead atoms. The van der Waals surface area contributed by atoms with Crippen LogP contribution in [0.15, 0.2) is 65.2 Å². The standard InChI is InChI=1S/C20H20BrNO/c21-19-7-3-6-18(16-19)5-2-1-4-17-8-10-20(11-9-17)22-12-14-23-15-13-22/h1-11,16H,12-15H2/b4-1+,5-2+. The van der Waals surface area contributed by atoms with Crippen molar-refractivity contribution in [3.05, 3.63) is 76.3 Å². The number of anilines is 1. The van der Waals surface area contributed by atoms with E-state index < -0.39 is 0 Å². The highest BCUT2D eigenvalue weighted by Gasteiger charge is 2.10. The van der Waals surface area contributed by atoms with Crippen molar-refractivity contribution in [1.82, 2.24) is 0 Å². The number of rotatable bonds is 4. The van der Waals surface area contributed by atoms with Crippen molar-refractivity contribution in [3.63, 3.8) is 0 Å². The maximum Gasteiger partial charge on any atom is 0.0642 e. The van der Waals surface area contributed by atoms with E-state index in [9.17, 15) is 0 Å². The average Bonchev–Trinajstić information content (AvgIpc) is 2.60. The Balaban J connectivity index is 1.59. The number of halogens is 1. The number of ether oxygens (including phenoxy) is 1. The van der Waals surface area contributed by atoms with Gasteiger partial charge in [-0.15, -0.1) is 0 Å². The number of hydrogen-bond donors (Lipinski definition) is 0. The van der Waals surface area contributed by atoms with Gasteiger partial charge in [0.15, 0.2) is 0 Å². The molecule has 0 aliphatic carbocycles. The second-order valence-corrected chi connectivity index (χ2v) is 6.38. The van der Waals surface area contributed by atoms with Crippen molar-refractivity contribution in [3.8, 4) is 0 Å². The topological polar surface area (TPSA) is 12.5 Å². The Hall–Kier alpha value is -1.84. The molecule has 2 nitrogen and oxygen atoms in total. The molecule has 1 heterocycles. The molecule has 118 valence electrons. The molecule has 1 aliphatic heterocycles. The molecular formula is C20H20BrNO. The van der Waals surface area contributed by atoms with Gasteiger partial charge in [0, 0.05) is 23.2 Å². The summed E-state index contributed by atoms with van der Waals surface area (Å²) in [7, 11) is 0. The monoisotopic (exact) mass is 369 g/mol. The van der Waals surface area contributed by atoms with E-state index in [1.54, 1.807) is 0 Å². The van der Waals surface area contributed by atoms with Crippen LogP contribution in [0.4, 0.5) is 5.69 Å². The summed E-state index contributed by atoms with van der Waals surface area (Å²) >= 11 is 3.48. The summed E-state index contributed by atoms with van der Waals surface area (Å²) in [5, 5.41) is 0. The molecule has 0 amide bonds. The fourth-order valence-electron chi connectivity index (χ4n) is 2.56. The molecule has 0 unspecified atom stereocenters. The molecular weight excluding hydrogens is 350 g/mol. The minimum atomic E-state index is 0.821. The van der Waals surface area contributed by atoms with E-state index >= 15 is 0 Å². The minimum absolute atomic E-state index is 0.821. The van der Waals surface area contributed by atoms with Crippen LogP contribution in [-0.2, 0) is 4.74 Å². The summed E-state index contributed by atoms with van der Waals surface area (Å²) in [4.78, 5) is 2.37. The highest BCUT2D eigenvalue weighted by atomic mass is 79.9. The van der Waals surface area contributed by atoms with Crippen molar-refractivity contribution in [2.24, 2.45) is 0 Å². The lowest BCUT2D eigenvalue weighted by molar-refractivity contribution is 0.122. The molecule has 2 aromatic rings. The largest absolute Gasteiger partial charge is 0.378 e. The van der Waals surface area contributed by atoms with Crippen LogP contribution >= 0.6 is 15.9 Å². The molecule has 0 spiro atoms. The van der Waals surface area contributed by atoms with E-state index in [0.29, 0.717) is 0 Å². The number of nitrogens with zero attached hydrogens (tertiary/aromatic N) is 1. The van der Waals surface area contributed by atoms with Crippen LogP contribution in [0.5, 0.6) is 0 Å². The van der Waals surface area contributed by atoms with Crippen molar-refractivity contribution in [2.75, 3.05) is 31.2 Å². The zero-order valence-electron chi connectivity index (χ0n) is 13.0. The molecule has 0 N–H and O–H groups in total. The summed E-state index contributed by atoms with van der Waals surface area (Å²) in [5.41, 5.74) is 3.67. The third kappa shape index (κ3) is 4.81. The van der Waals surface area contributed by atoms with Gasteiger partial charge in [0.2, 0.25) is 0 Å². The summed E-state index contributed by atoms with van der Waals surface area (Å²) in [6.45, 7) is 3.60. The predicted molar refractivity (Wildman–Crippen MR) is 102 cm³/mol. The first-order valence-corrected chi connectivity index (χ1v) is 8.64. The van der Waals surface area contributed by atoms with Gasteiger partial charge in [0.05, 0.1) is 13.2 Å². The Morgan fingerprint density at radius 3 is 2.26 bits per heavy atom. The highest BCUT2D eigenvalue weighted by Crippen LogP contribution is 2.17. The van der Waals surface area contributed by atoms with E-state index in [1.165, 1.54) is 16.8 Å². The van der Waals surface area contributed by atoms with E-state index in [2.05, 4.69) is 81.5 Å². The zero-order chi connectivity index (χ0) is 15.9. The average molecular weight is 370 g/mol. The number of benzene rings is 2. The van der Waals surface area contributed by atoms with Crippen LogP contribution in [0.1, 0.15) is 11.1 Å². The molecule has 2 aromatic carbocycles. The first kappa shape index (κ1) is 16.0. The van der Waals surface area contributed by atoms with E-state index in [4.69, 9.17) is 4.74 Å². The van der Waals surface area contributed by atoms with Gasteiger partial charge >= 0.3 is 0 Å². The third-order valence-corrected chi connectivity index (χ3v) is 4.30. The van der Waals surface area contributed by atoms with Gasteiger partial charge in [-0.1, -0.05) is 64.5 Å². The smallest absolute Gasteiger partial charge is 0.0642 e. The van der Waals surface area contributed by atoms with Crippen molar-refractivity contribution >= 4 is 33.8 Å². The van der Waals surface area contributed by atoms with E-state index in [0.717, 1.165) is 30.8 Å². The number of hydrogen-bond acceptors (Lipinski definition) is 2. The molecule has 23 heavy (non-hydrogen) atoms. The van der Waals surface area contributed by atoms with Gasteiger partial charge in [-0.3, -0.25) is 0 Å².